The lowest BCUT2D eigenvalue weighted by Crippen LogP contribution is -2.28. The number of unbranched alkanes of at least 4 members (excludes halogenated alkanes) is 2. The summed E-state index contributed by atoms with van der Waals surface area (Å²) in [5.74, 6) is 0.766. The maximum absolute atomic E-state index is 5.96. The molecule has 2 N–H and O–H groups in total. The molecule has 3 heteroatoms. The number of rotatable bonds is 10. The van der Waals surface area contributed by atoms with Gasteiger partial charge in [0.25, 0.3) is 0 Å². The SMILES string of the molecule is CCCCN(CCCC)CCc1ccc(OC)c(N)c1. The summed E-state index contributed by atoms with van der Waals surface area (Å²) >= 11 is 0. The van der Waals surface area contributed by atoms with Crippen molar-refractivity contribution in [1.82, 2.24) is 4.90 Å². The minimum atomic E-state index is 0.735. The Hall–Kier alpha value is -1.22. The van der Waals surface area contributed by atoms with Crippen molar-refractivity contribution in [3.05, 3.63) is 23.8 Å². The van der Waals surface area contributed by atoms with Crippen molar-refractivity contribution < 1.29 is 4.74 Å². The molecule has 0 saturated heterocycles. The van der Waals surface area contributed by atoms with Gasteiger partial charge in [0, 0.05) is 6.54 Å². The molecule has 0 aromatic heterocycles. The molecule has 0 saturated carbocycles. The Morgan fingerprint density at radius 1 is 1.05 bits per heavy atom. The average Bonchev–Trinajstić information content (AvgIpc) is 2.46. The quantitative estimate of drug-likeness (QED) is 0.663. The Bertz CT molecular complexity index is 371. The molecule has 3 nitrogen and oxygen atoms in total. The molecular formula is C17H30N2O. The molecule has 0 spiro atoms. The lowest BCUT2D eigenvalue weighted by atomic mass is 10.1. The van der Waals surface area contributed by atoms with Crippen molar-refractivity contribution in [3.63, 3.8) is 0 Å². The van der Waals surface area contributed by atoms with E-state index in [0.29, 0.717) is 0 Å². The number of nitrogens with zero attached hydrogens (tertiary/aromatic N) is 1. The number of benzene rings is 1. The largest absolute Gasteiger partial charge is 0.495 e. The van der Waals surface area contributed by atoms with Gasteiger partial charge in [-0.1, -0.05) is 32.8 Å². The fourth-order valence-electron chi connectivity index (χ4n) is 2.33. The molecule has 1 aromatic carbocycles. The molecule has 20 heavy (non-hydrogen) atoms. The van der Waals surface area contributed by atoms with Crippen molar-refractivity contribution >= 4 is 5.69 Å². The first-order chi connectivity index (χ1) is 9.71. The summed E-state index contributed by atoms with van der Waals surface area (Å²) < 4.78 is 5.20. The molecule has 1 rings (SSSR count). The summed E-state index contributed by atoms with van der Waals surface area (Å²) in [6, 6.07) is 6.12. The fourth-order valence-corrected chi connectivity index (χ4v) is 2.33. The summed E-state index contributed by atoms with van der Waals surface area (Å²) in [6.07, 6.45) is 6.15. The fraction of sp³-hybridized carbons (Fsp3) is 0.647. The highest BCUT2D eigenvalue weighted by molar-refractivity contribution is 5.54. The lowest BCUT2D eigenvalue weighted by molar-refractivity contribution is 0.268. The van der Waals surface area contributed by atoms with Gasteiger partial charge in [-0.15, -0.1) is 0 Å². The van der Waals surface area contributed by atoms with Gasteiger partial charge in [-0.05, 0) is 50.0 Å². The van der Waals surface area contributed by atoms with Crippen LogP contribution >= 0.6 is 0 Å². The van der Waals surface area contributed by atoms with Gasteiger partial charge in [-0.25, -0.2) is 0 Å². The van der Waals surface area contributed by atoms with Crippen LogP contribution in [0.2, 0.25) is 0 Å². The number of nitrogen functional groups attached to an aromatic ring is 1. The zero-order valence-corrected chi connectivity index (χ0v) is 13.3. The van der Waals surface area contributed by atoms with Crippen molar-refractivity contribution in [2.45, 2.75) is 46.0 Å². The summed E-state index contributed by atoms with van der Waals surface area (Å²) in [5.41, 5.74) is 7.99. The van der Waals surface area contributed by atoms with E-state index < -0.39 is 0 Å². The monoisotopic (exact) mass is 278 g/mol. The predicted octanol–water partition coefficient (Wildman–Crippen LogP) is 3.72. The van der Waals surface area contributed by atoms with Crippen LogP contribution in [-0.2, 0) is 6.42 Å². The van der Waals surface area contributed by atoms with Gasteiger partial charge in [0.2, 0.25) is 0 Å². The summed E-state index contributed by atoms with van der Waals surface area (Å²) in [6.45, 7) is 8.04. The Morgan fingerprint density at radius 3 is 2.20 bits per heavy atom. The second kappa shape index (κ2) is 9.65. The third kappa shape index (κ3) is 5.83. The normalized spacial score (nSPS) is 11.0. The van der Waals surface area contributed by atoms with Crippen LogP contribution in [-0.4, -0.2) is 31.6 Å². The standard InChI is InChI=1S/C17H30N2O/c1-4-6-11-19(12-7-5-2)13-10-15-8-9-17(20-3)16(18)14-15/h8-9,14H,4-7,10-13,18H2,1-3H3. The molecule has 114 valence electrons. The average molecular weight is 278 g/mol. The number of ether oxygens (including phenoxy) is 1. The Labute approximate surface area is 124 Å². The van der Waals surface area contributed by atoms with Crippen LogP contribution in [0.3, 0.4) is 0 Å². The van der Waals surface area contributed by atoms with Crippen LogP contribution < -0.4 is 10.5 Å². The van der Waals surface area contributed by atoms with Gasteiger partial charge in [0.05, 0.1) is 12.8 Å². The molecule has 0 atom stereocenters. The zero-order chi connectivity index (χ0) is 14.8. The minimum Gasteiger partial charge on any atom is -0.495 e. The highest BCUT2D eigenvalue weighted by Crippen LogP contribution is 2.22. The molecule has 0 bridgehead atoms. The molecule has 0 heterocycles. The first-order valence-electron chi connectivity index (χ1n) is 7.86. The third-order valence-electron chi connectivity index (χ3n) is 3.67. The Balaban J connectivity index is 2.50. The molecular weight excluding hydrogens is 248 g/mol. The van der Waals surface area contributed by atoms with Crippen LogP contribution in [0, 0.1) is 0 Å². The molecule has 0 aliphatic carbocycles. The molecule has 0 unspecified atom stereocenters. The highest BCUT2D eigenvalue weighted by atomic mass is 16.5. The van der Waals surface area contributed by atoms with Crippen LogP contribution in [0.25, 0.3) is 0 Å². The van der Waals surface area contributed by atoms with Crippen molar-refractivity contribution in [1.29, 1.82) is 0 Å². The number of hydrogen-bond acceptors (Lipinski definition) is 3. The molecule has 0 aliphatic rings. The van der Waals surface area contributed by atoms with Gasteiger partial charge in [-0.2, -0.15) is 0 Å². The van der Waals surface area contributed by atoms with Crippen LogP contribution in [0.1, 0.15) is 45.1 Å². The minimum absolute atomic E-state index is 0.735. The first kappa shape index (κ1) is 16.8. The van der Waals surface area contributed by atoms with E-state index in [1.165, 1.54) is 44.3 Å². The van der Waals surface area contributed by atoms with E-state index in [1.807, 2.05) is 12.1 Å². The molecule has 0 amide bonds. The summed E-state index contributed by atoms with van der Waals surface area (Å²) in [5, 5.41) is 0. The molecule has 1 aromatic rings. The van der Waals surface area contributed by atoms with Crippen molar-refractivity contribution in [3.8, 4) is 5.75 Å². The number of nitrogens with two attached hydrogens (primary N) is 1. The van der Waals surface area contributed by atoms with Crippen molar-refractivity contribution in [2.75, 3.05) is 32.5 Å². The van der Waals surface area contributed by atoms with Gasteiger partial charge in [-0.3, -0.25) is 0 Å². The number of methoxy groups -OCH3 is 1. The van der Waals surface area contributed by atoms with Crippen molar-refractivity contribution in [2.24, 2.45) is 0 Å². The van der Waals surface area contributed by atoms with Crippen LogP contribution in [0.5, 0.6) is 5.75 Å². The maximum Gasteiger partial charge on any atom is 0.141 e. The Kier molecular flexibility index (Phi) is 8.12. The summed E-state index contributed by atoms with van der Waals surface area (Å²) in [7, 11) is 1.66. The van der Waals surface area contributed by atoms with Gasteiger partial charge in [0.15, 0.2) is 0 Å². The maximum atomic E-state index is 5.96. The van der Waals surface area contributed by atoms with E-state index >= 15 is 0 Å². The van der Waals surface area contributed by atoms with Crippen LogP contribution in [0.4, 0.5) is 5.69 Å². The third-order valence-corrected chi connectivity index (χ3v) is 3.67. The van der Waals surface area contributed by atoms with E-state index in [1.54, 1.807) is 7.11 Å². The predicted molar refractivity (Wildman–Crippen MR) is 87.4 cm³/mol. The van der Waals surface area contributed by atoms with E-state index in [2.05, 4.69) is 24.8 Å². The molecule has 0 aliphatic heterocycles. The molecule has 0 fully saturated rings. The number of hydrogen-bond donors (Lipinski definition) is 1. The Morgan fingerprint density at radius 2 is 1.70 bits per heavy atom. The smallest absolute Gasteiger partial charge is 0.141 e. The van der Waals surface area contributed by atoms with E-state index in [4.69, 9.17) is 10.5 Å². The van der Waals surface area contributed by atoms with E-state index in [-0.39, 0.29) is 0 Å². The second-order valence-electron chi connectivity index (χ2n) is 5.38. The highest BCUT2D eigenvalue weighted by Gasteiger charge is 2.06. The number of anilines is 1. The topological polar surface area (TPSA) is 38.5 Å². The van der Waals surface area contributed by atoms with Crippen LogP contribution in [0.15, 0.2) is 18.2 Å². The van der Waals surface area contributed by atoms with E-state index in [9.17, 15) is 0 Å². The second-order valence-corrected chi connectivity index (χ2v) is 5.38. The van der Waals surface area contributed by atoms with E-state index in [0.717, 1.165) is 24.4 Å². The summed E-state index contributed by atoms with van der Waals surface area (Å²) in [4.78, 5) is 2.58. The molecule has 0 radical (unpaired) electrons. The van der Waals surface area contributed by atoms with Gasteiger partial charge < -0.3 is 15.4 Å². The van der Waals surface area contributed by atoms with Gasteiger partial charge >= 0.3 is 0 Å². The van der Waals surface area contributed by atoms with Gasteiger partial charge in [0.1, 0.15) is 5.75 Å². The lowest BCUT2D eigenvalue weighted by Gasteiger charge is -2.22. The first-order valence-corrected chi connectivity index (χ1v) is 7.86. The zero-order valence-electron chi connectivity index (χ0n) is 13.3.